The van der Waals surface area contributed by atoms with Crippen LogP contribution in [0.4, 0.5) is 13.2 Å². The van der Waals surface area contributed by atoms with Gasteiger partial charge in [0.2, 0.25) is 0 Å². The molecule has 102 valence electrons. The molecule has 3 atom stereocenters. The molecule has 0 heterocycles. The maximum Gasteiger partial charge on any atom is 0.391 e. The third-order valence-electron chi connectivity index (χ3n) is 3.84. The molecule has 1 rings (SSSR count). The van der Waals surface area contributed by atoms with E-state index in [2.05, 4.69) is 19.2 Å². The molecular weight excluding hydrogens is 227 g/mol. The number of halogens is 3. The van der Waals surface area contributed by atoms with Crippen LogP contribution in [0.15, 0.2) is 0 Å². The van der Waals surface area contributed by atoms with Gasteiger partial charge in [0.15, 0.2) is 0 Å². The molecule has 0 aliphatic heterocycles. The molecule has 0 saturated heterocycles. The molecule has 1 N–H and O–H groups in total. The SMILES string of the molecule is CCCNC(CC)C1CCCC(C(F)(F)F)C1. The van der Waals surface area contributed by atoms with Crippen LogP contribution in [-0.2, 0) is 0 Å². The summed E-state index contributed by atoms with van der Waals surface area (Å²) in [4.78, 5) is 0. The smallest absolute Gasteiger partial charge is 0.314 e. The third-order valence-corrected chi connectivity index (χ3v) is 3.84. The lowest BCUT2D eigenvalue weighted by Gasteiger charge is -2.35. The standard InChI is InChI=1S/C13H24F3N/c1-3-8-17-12(4-2)10-6-5-7-11(9-10)13(14,15)16/h10-12,17H,3-9H2,1-2H3. The van der Waals surface area contributed by atoms with Crippen molar-refractivity contribution < 1.29 is 13.2 Å². The van der Waals surface area contributed by atoms with Crippen LogP contribution in [0.3, 0.4) is 0 Å². The normalized spacial score (nSPS) is 28.1. The molecule has 0 bridgehead atoms. The highest BCUT2D eigenvalue weighted by Gasteiger charge is 2.43. The minimum absolute atomic E-state index is 0.201. The second kappa shape index (κ2) is 6.62. The molecule has 0 radical (unpaired) electrons. The number of alkyl halides is 3. The van der Waals surface area contributed by atoms with Crippen molar-refractivity contribution in [2.24, 2.45) is 11.8 Å². The quantitative estimate of drug-likeness (QED) is 0.774. The van der Waals surface area contributed by atoms with Gasteiger partial charge in [-0.3, -0.25) is 0 Å². The average molecular weight is 251 g/mol. The van der Waals surface area contributed by atoms with Gasteiger partial charge in [0.25, 0.3) is 0 Å². The lowest BCUT2D eigenvalue weighted by molar-refractivity contribution is -0.186. The molecule has 3 unspecified atom stereocenters. The summed E-state index contributed by atoms with van der Waals surface area (Å²) >= 11 is 0. The van der Waals surface area contributed by atoms with Crippen molar-refractivity contribution in [1.29, 1.82) is 0 Å². The molecule has 1 aliphatic carbocycles. The first kappa shape index (κ1) is 14.8. The maximum absolute atomic E-state index is 12.7. The molecule has 0 spiro atoms. The van der Waals surface area contributed by atoms with Crippen molar-refractivity contribution in [2.75, 3.05) is 6.54 Å². The molecule has 0 aromatic rings. The van der Waals surface area contributed by atoms with Crippen molar-refractivity contribution in [1.82, 2.24) is 5.32 Å². The van der Waals surface area contributed by atoms with E-state index in [1.165, 1.54) is 0 Å². The summed E-state index contributed by atoms with van der Waals surface area (Å²) in [6.07, 6.45) is 0.271. The van der Waals surface area contributed by atoms with Crippen molar-refractivity contribution >= 4 is 0 Å². The molecule has 4 heteroatoms. The fraction of sp³-hybridized carbons (Fsp3) is 1.00. The van der Waals surface area contributed by atoms with Crippen molar-refractivity contribution in [3.8, 4) is 0 Å². The minimum atomic E-state index is -4.00. The highest BCUT2D eigenvalue weighted by Crippen LogP contribution is 2.41. The van der Waals surface area contributed by atoms with Crippen LogP contribution in [-0.4, -0.2) is 18.8 Å². The van der Waals surface area contributed by atoms with Gasteiger partial charge in [0.1, 0.15) is 0 Å². The summed E-state index contributed by atoms with van der Waals surface area (Å²) in [6.45, 7) is 5.05. The minimum Gasteiger partial charge on any atom is -0.314 e. The second-order valence-electron chi connectivity index (χ2n) is 5.13. The Hall–Kier alpha value is -0.250. The zero-order valence-electron chi connectivity index (χ0n) is 10.8. The lowest BCUT2D eigenvalue weighted by atomic mass is 9.77. The Morgan fingerprint density at radius 1 is 1.24 bits per heavy atom. The Labute approximate surface area is 102 Å². The highest BCUT2D eigenvalue weighted by molar-refractivity contribution is 4.84. The van der Waals surface area contributed by atoms with Crippen molar-refractivity contribution in [2.45, 2.75) is 64.6 Å². The van der Waals surface area contributed by atoms with Gasteiger partial charge in [0, 0.05) is 6.04 Å². The topological polar surface area (TPSA) is 12.0 Å². The maximum atomic E-state index is 12.7. The summed E-state index contributed by atoms with van der Waals surface area (Å²) < 4.78 is 38.1. The molecule has 0 aromatic heterocycles. The van der Waals surface area contributed by atoms with E-state index in [0.717, 1.165) is 32.2 Å². The molecule has 1 nitrogen and oxygen atoms in total. The summed E-state index contributed by atoms with van der Waals surface area (Å²) in [5.74, 6) is -0.870. The monoisotopic (exact) mass is 251 g/mol. The highest BCUT2D eigenvalue weighted by atomic mass is 19.4. The summed E-state index contributed by atoms with van der Waals surface area (Å²) in [5.41, 5.74) is 0. The van der Waals surface area contributed by atoms with Crippen molar-refractivity contribution in [3.63, 3.8) is 0 Å². The lowest BCUT2D eigenvalue weighted by Crippen LogP contribution is -2.40. The summed E-state index contributed by atoms with van der Waals surface area (Å²) in [6, 6.07) is 0.264. The third kappa shape index (κ3) is 4.49. The first-order valence-electron chi connectivity index (χ1n) is 6.79. The second-order valence-corrected chi connectivity index (χ2v) is 5.13. The number of hydrogen-bond acceptors (Lipinski definition) is 1. The molecule has 0 amide bonds. The number of rotatable bonds is 5. The van der Waals surface area contributed by atoms with E-state index in [9.17, 15) is 13.2 Å². The van der Waals surface area contributed by atoms with Gasteiger partial charge < -0.3 is 5.32 Å². The van der Waals surface area contributed by atoms with E-state index >= 15 is 0 Å². The van der Waals surface area contributed by atoms with E-state index in [1.807, 2.05) is 0 Å². The van der Waals surface area contributed by atoms with Gasteiger partial charge in [-0.1, -0.05) is 20.3 Å². The van der Waals surface area contributed by atoms with Crippen LogP contribution in [0, 0.1) is 11.8 Å². The number of nitrogens with one attached hydrogen (secondary N) is 1. The fourth-order valence-corrected chi connectivity index (χ4v) is 2.86. The van der Waals surface area contributed by atoms with Gasteiger partial charge in [-0.05, 0) is 44.6 Å². The molecule has 0 aromatic carbocycles. The van der Waals surface area contributed by atoms with Crippen LogP contribution < -0.4 is 5.32 Å². The molecule has 1 aliphatic rings. The summed E-state index contributed by atoms with van der Waals surface area (Å²) in [5, 5.41) is 3.39. The Morgan fingerprint density at radius 3 is 2.47 bits per heavy atom. The van der Waals surface area contributed by atoms with E-state index in [1.54, 1.807) is 0 Å². The predicted octanol–water partition coefficient (Wildman–Crippen LogP) is 4.13. The van der Waals surface area contributed by atoms with Gasteiger partial charge >= 0.3 is 6.18 Å². The Morgan fingerprint density at radius 2 is 1.94 bits per heavy atom. The Balaban J connectivity index is 2.52. The zero-order chi connectivity index (χ0) is 12.9. The van der Waals surface area contributed by atoms with E-state index in [0.29, 0.717) is 12.8 Å². The number of hydrogen-bond donors (Lipinski definition) is 1. The van der Waals surface area contributed by atoms with Crippen LogP contribution in [0.5, 0.6) is 0 Å². The largest absolute Gasteiger partial charge is 0.391 e. The van der Waals surface area contributed by atoms with Crippen LogP contribution in [0.25, 0.3) is 0 Å². The van der Waals surface area contributed by atoms with Crippen molar-refractivity contribution in [3.05, 3.63) is 0 Å². The molecular formula is C13H24F3N. The van der Waals surface area contributed by atoms with Gasteiger partial charge in [0.05, 0.1) is 5.92 Å². The predicted molar refractivity (Wildman–Crippen MR) is 63.9 cm³/mol. The van der Waals surface area contributed by atoms with E-state index < -0.39 is 12.1 Å². The van der Waals surface area contributed by atoms with Crippen LogP contribution >= 0.6 is 0 Å². The van der Waals surface area contributed by atoms with Crippen LogP contribution in [0.2, 0.25) is 0 Å². The summed E-state index contributed by atoms with van der Waals surface area (Å²) in [7, 11) is 0. The van der Waals surface area contributed by atoms with Gasteiger partial charge in [-0.15, -0.1) is 0 Å². The molecule has 1 saturated carbocycles. The fourth-order valence-electron chi connectivity index (χ4n) is 2.86. The Kier molecular flexibility index (Phi) is 5.77. The Bertz CT molecular complexity index is 215. The van der Waals surface area contributed by atoms with E-state index in [-0.39, 0.29) is 12.0 Å². The molecule has 17 heavy (non-hydrogen) atoms. The van der Waals surface area contributed by atoms with Crippen LogP contribution in [0.1, 0.15) is 52.4 Å². The van der Waals surface area contributed by atoms with E-state index in [4.69, 9.17) is 0 Å². The zero-order valence-corrected chi connectivity index (χ0v) is 10.8. The first-order valence-corrected chi connectivity index (χ1v) is 6.79. The average Bonchev–Trinajstić information content (AvgIpc) is 2.29. The van der Waals surface area contributed by atoms with Gasteiger partial charge in [-0.25, -0.2) is 0 Å². The molecule has 1 fully saturated rings. The van der Waals surface area contributed by atoms with Gasteiger partial charge in [-0.2, -0.15) is 13.2 Å². The first-order chi connectivity index (χ1) is 7.99.